The molecule has 0 radical (unpaired) electrons. The van der Waals surface area contributed by atoms with Gasteiger partial charge in [0, 0.05) is 45.3 Å². The highest BCUT2D eigenvalue weighted by molar-refractivity contribution is 6.01. The summed E-state index contributed by atoms with van der Waals surface area (Å²) < 4.78 is 14.4. The van der Waals surface area contributed by atoms with Gasteiger partial charge in [0.15, 0.2) is 0 Å². The molecule has 2 fully saturated rings. The van der Waals surface area contributed by atoms with Gasteiger partial charge < -0.3 is 15.5 Å². The number of amides is 2. The third kappa shape index (κ3) is 3.29. The fourth-order valence-corrected chi connectivity index (χ4v) is 3.01. The number of imide groups is 1. The maximum Gasteiger partial charge on any atom is 0.251 e. The van der Waals surface area contributed by atoms with Crippen LogP contribution in [0.15, 0.2) is 18.2 Å². The molecule has 7 heteroatoms. The zero-order valence-corrected chi connectivity index (χ0v) is 13.1. The molecular formula is C16H21FN4O2. The highest BCUT2D eigenvalue weighted by Gasteiger charge is 2.31. The Morgan fingerprint density at radius 1 is 1.26 bits per heavy atom. The molecule has 3 rings (SSSR count). The molecule has 2 aliphatic rings. The van der Waals surface area contributed by atoms with Crippen LogP contribution in [0.1, 0.15) is 12.8 Å². The van der Waals surface area contributed by atoms with E-state index in [9.17, 15) is 14.0 Å². The van der Waals surface area contributed by atoms with E-state index in [0.717, 1.165) is 31.1 Å². The van der Waals surface area contributed by atoms with E-state index in [0.29, 0.717) is 24.2 Å². The molecule has 0 aliphatic carbocycles. The number of carbonyl (C=O) groups is 2. The number of likely N-dealkylation sites (tertiary alicyclic amines) is 1. The molecule has 1 aromatic rings. The van der Waals surface area contributed by atoms with Crippen molar-refractivity contribution in [2.24, 2.45) is 0 Å². The Kier molecular flexibility index (Phi) is 4.47. The largest absolute Gasteiger partial charge is 0.374 e. The zero-order chi connectivity index (χ0) is 16.4. The summed E-state index contributed by atoms with van der Waals surface area (Å²) in [5, 5.41) is 6.27. The molecule has 2 N–H and O–H groups in total. The lowest BCUT2D eigenvalue weighted by molar-refractivity contribution is -0.146. The zero-order valence-electron chi connectivity index (χ0n) is 13.1. The second kappa shape index (κ2) is 6.54. The smallest absolute Gasteiger partial charge is 0.251 e. The van der Waals surface area contributed by atoms with Crippen molar-refractivity contribution < 1.29 is 14.0 Å². The van der Waals surface area contributed by atoms with E-state index >= 15 is 0 Å². The maximum atomic E-state index is 14.4. The highest BCUT2D eigenvalue weighted by atomic mass is 19.1. The Hall–Kier alpha value is -2.15. The molecule has 124 valence electrons. The van der Waals surface area contributed by atoms with Gasteiger partial charge in [-0.25, -0.2) is 4.39 Å². The minimum atomic E-state index is -0.484. The first-order valence-electron chi connectivity index (χ1n) is 7.88. The first-order chi connectivity index (χ1) is 11.1. The van der Waals surface area contributed by atoms with Crippen molar-refractivity contribution in [2.75, 3.05) is 43.4 Å². The predicted octanol–water partition coefficient (Wildman–Crippen LogP) is 0.795. The SMILES string of the molecule is CN1C(=O)CCC(Nc2ccc(N3CCNCC3)c(F)c2)C1=O. The van der Waals surface area contributed by atoms with Crippen LogP contribution < -0.4 is 15.5 Å². The summed E-state index contributed by atoms with van der Waals surface area (Å²) in [7, 11) is 1.48. The molecular weight excluding hydrogens is 299 g/mol. The predicted molar refractivity (Wildman–Crippen MR) is 85.9 cm³/mol. The fraction of sp³-hybridized carbons (Fsp3) is 0.500. The van der Waals surface area contributed by atoms with Crippen molar-refractivity contribution in [2.45, 2.75) is 18.9 Å². The third-order valence-corrected chi connectivity index (χ3v) is 4.40. The molecule has 23 heavy (non-hydrogen) atoms. The van der Waals surface area contributed by atoms with Gasteiger partial charge in [0.25, 0.3) is 5.91 Å². The van der Waals surface area contributed by atoms with Crippen molar-refractivity contribution in [1.29, 1.82) is 0 Å². The molecule has 1 atom stereocenters. The van der Waals surface area contributed by atoms with Gasteiger partial charge >= 0.3 is 0 Å². The minimum Gasteiger partial charge on any atom is -0.374 e. The normalized spacial score (nSPS) is 22.4. The Morgan fingerprint density at radius 2 is 2.00 bits per heavy atom. The van der Waals surface area contributed by atoms with Crippen molar-refractivity contribution in [1.82, 2.24) is 10.2 Å². The third-order valence-electron chi connectivity index (χ3n) is 4.40. The lowest BCUT2D eigenvalue weighted by Crippen LogP contribution is -2.48. The Morgan fingerprint density at radius 3 is 2.70 bits per heavy atom. The van der Waals surface area contributed by atoms with Gasteiger partial charge in [0.1, 0.15) is 11.9 Å². The number of likely N-dealkylation sites (N-methyl/N-ethyl adjacent to an activating group) is 1. The molecule has 2 saturated heterocycles. The molecule has 2 amide bonds. The summed E-state index contributed by atoms with van der Waals surface area (Å²) in [5.41, 5.74) is 1.14. The number of piperazine rings is 1. The average molecular weight is 320 g/mol. The van der Waals surface area contributed by atoms with Crippen LogP contribution in [0.4, 0.5) is 15.8 Å². The number of anilines is 2. The average Bonchev–Trinajstić information content (AvgIpc) is 2.56. The minimum absolute atomic E-state index is 0.173. The van der Waals surface area contributed by atoms with Crippen LogP contribution in [0, 0.1) is 5.82 Å². The van der Waals surface area contributed by atoms with Crippen LogP contribution in [0.2, 0.25) is 0 Å². The van der Waals surface area contributed by atoms with E-state index in [4.69, 9.17) is 0 Å². The van der Waals surface area contributed by atoms with Crippen LogP contribution in [0.25, 0.3) is 0 Å². The van der Waals surface area contributed by atoms with E-state index in [-0.39, 0.29) is 17.6 Å². The summed E-state index contributed by atoms with van der Waals surface area (Å²) in [6.07, 6.45) is 0.754. The topological polar surface area (TPSA) is 64.7 Å². The monoisotopic (exact) mass is 320 g/mol. The number of rotatable bonds is 3. The molecule has 0 saturated carbocycles. The highest BCUT2D eigenvalue weighted by Crippen LogP contribution is 2.25. The molecule has 0 spiro atoms. The number of nitrogens with zero attached hydrogens (tertiary/aromatic N) is 2. The maximum absolute atomic E-state index is 14.4. The van der Waals surface area contributed by atoms with Crippen LogP contribution in [0.5, 0.6) is 0 Å². The summed E-state index contributed by atoms with van der Waals surface area (Å²) in [4.78, 5) is 26.7. The van der Waals surface area contributed by atoms with E-state index in [1.807, 2.05) is 4.90 Å². The number of halogens is 1. The van der Waals surface area contributed by atoms with Gasteiger partial charge in [-0.05, 0) is 24.6 Å². The van der Waals surface area contributed by atoms with Crippen molar-refractivity contribution in [3.05, 3.63) is 24.0 Å². The second-order valence-electron chi connectivity index (χ2n) is 5.93. The van der Waals surface area contributed by atoms with E-state index < -0.39 is 6.04 Å². The van der Waals surface area contributed by atoms with E-state index in [2.05, 4.69) is 10.6 Å². The number of hydrogen-bond acceptors (Lipinski definition) is 5. The van der Waals surface area contributed by atoms with Crippen LogP contribution in [-0.2, 0) is 9.59 Å². The van der Waals surface area contributed by atoms with Crippen LogP contribution in [0.3, 0.4) is 0 Å². The second-order valence-corrected chi connectivity index (χ2v) is 5.93. The quantitative estimate of drug-likeness (QED) is 0.807. The Labute approximate surface area is 134 Å². The number of carbonyl (C=O) groups excluding carboxylic acids is 2. The molecule has 1 aromatic carbocycles. The first kappa shape index (κ1) is 15.7. The molecule has 1 unspecified atom stereocenters. The summed E-state index contributed by atoms with van der Waals surface area (Å²) in [5.74, 6) is -0.745. The molecule has 0 bridgehead atoms. The lowest BCUT2D eigenvalue weighted by atomic mass is 10.0. The number of benzene rings is 1. The van der Waals surface area contributed by atoms with Crippen LogP contribution in [-0.4, -0.2) is 56.0 Å². The van der Waals surface area contributed by atoms with Gasteiger partial charge in [0.2, 0.25) is 5.91 Å². The molecule has 6 nitrogen and oxygen atoms in total. The van der Waals surface area contributed by atoms with E-state index in [1.54, 1.807) is 12.1 Å². The fourth-order valence-electron chi connectivity index (χ4n) is 3.01. The van der Waals surface area contributed by atoms with E-state index in [1.165, 1.54) is 13.1 Å². The Bertz CT molecular complexity index is 616. The van der Waals surface area contributed by atoms with Crippen molar-refractivity contribution in [3.8, 4) is 0 Å². The first-order valence-corrected chi connectivity index (χ1v) is 7.88. The molecule has 0 aromatic heterocycles. The number of hydrogen-bond donors (Lipinski definition) is 2. The molecule has 2 aliphatic heterocycles. The molecule has 2 heterocycles. The number of piperidine rings is 1. The summed E-state index contributed by atoms with van der Waals surface area (Å²) >= 11 is 0. The van der Waals surface area contributed by atoms with Crippen molar-refractivity contribution >= 4 is 23.2 Å². The number of nitrogens with one attached hydrogen (secondary N) is 2. The summed E-state index contributed by atoms with van der Waals surface area (Å²) in [6.45, 7) is 3.24. The van der Waals surface area contributed by atoms with Gasteiger partial charge in [-0.15, -0.1) is 0 Å². The van der Waals surface area contributed by atoms with Gasteiger partial charge in [0.05, 0.1) is 5.69 Å². The Balaban J connectivity index is 1.70. The lowest BCUT2D eigenvalue weighted by Gasteiger charge is -2.31. The van der Waals surface area contributed by atoms with Crippen molar-refractivity contribution in [3.63, 3.8) is 0 Å². The van der Waals surface area contributed by atoms with Crippen LogP contribution >= 0.6 is 0 Å². The van der Waals surface area contributed by atoms with Gasteiger partial charge in [-0.3, -0.25) is 14.5 Å². The van der Waals surface area contributed by atoms with Gasteiger partial charge in [-0.2, -0.15) is 0 Å². The summed E-state index contributed by atoms with van der Waals surface area (Å²) in [6, 6.07) is 4.46. The van der Waals surface area contributed by atoms with Gasteiger partial charge in [-0.1, -0.05) is 0 Å². The standard InChI is InChI=1S/C16H21FN4O2/c1-20-15(22)5-3-13(16(20)23)19-11-2-4-14(12(17)10-11)21-8-6-18-7-9-21/h2,4,10,13,18-19H,3,5-9H2,1H3.